The maximum atomic E-state index is 12.5. The highest BCUT2D eigenvalue weighted by Crippen LogP contribution is 2.42. The van der Waals surface area contributed by atoms with E-state index >= 15 is 0 Å². The van der Waals surface area contributed by atoms with E-state index < -0.39 is 21.5 Å². The summed E-state index contributed by atoms with van der Waals surface area (Å²) in [5, 5.41) is 2.78. The number of benzene rings is 1. The van der Waals surface area contributed by atoms with E-state index in [1.165, 1.54) is 24.3 Å². The van der Waals surface area contributed by atoms with E-state index in [4.69, 9.17) is 5.73 Å². The summed E-state index contributed by atoms with van der Waals surface area (Å²) in [6, 6.07) is 5.61. The SMILES string of the molecule is Cl.N[C@]12C[C@H]1C=CCCCCCNC(=O)c1cccc(c1)S(=O)(=O)NC2=O. The van der Waals surface area contributed by atoms with E-state index in [9.17, 15) is 18.0 Å². The number of allylic oxidation sites excluding steroid dienone is 1. The Kier molecular flexibility index (Phi) is 6.67. The van der Waals surface area contributed by atoms with Crippen LogP contribution in [0.25, 0.3) is 0 Å². The van der Waals surface area contributed by atoms with Gasteiger partial charge in [-0.3, -0.25) is 9.59 Å². The van der Waals surface area contributed by atoms with Crippen LogP contribution in [-0.2, 0) is 14.8 Å². The molecule has 0 saturated heterocycles. The van der Waals surface area contributed by atoms with Gasteiger partial charge in [-0.15, -0.1) is 12.4 Å². The molecule has 1 saturated carbocycles. The van der Waals surface area contributed by atoms with Gasteiger partial charge in [0.05, 0.1) is 4.90 Å². The van der Waals surface area contributed by atoms with Gasteiger partial charge in [-0.2, -0.15) is 0 Å². The second-order valence-corrected chi connectivity index (χ2v) is 8.53. The lowest BCUT2D eigenvalue weighted by Crippen LogP contribution is -2.46. The van der Waals surface area contributed by atoms with Gasteiger partial charge < -0.3 is 11.1 Å². The Labute approximate surface area is 165 Å². The Morgan fingerprint density at radius 3 is 2.70 bits per heavy atom. The van der Waals surface area contributed by atoms with Crippen LogP contribution >= 0.6 is 12.4 Å². The summed E-state index contributed by atoms with van der Waals surface area (Å²) in [6.45, 7) is 0.533. The number of amides is 2. The molecule has 148 valence electrons. The van der Waals surface area contributed by atoms with Crippen LogP contribution in [-0.4, -0.2) is 32.3 Å². The second-order valence-electron chi connectivity index (χ2n) is 6.85. The molecule has 9 heteroatoms. The van der Waals surface area contributed by atoms with Crippen molar-refractivity contribution in [2.45, 2.75) is 42.5 Å². The number of carbonyl (C=O) groups is 2. The fourth-order valence-electron chi connectivity index (χ4n) is 3.01. The van der Waals surface area contributed by atoms with Crippen LogP contribution in [0.5, 0.6) is 0 Å². The quantitative estimate of drug-likeness (QED) is 0.557. The van der Waals surface area contributed by atoms with Crippen molar-refractivity contribution in [1.82, 2.24) is 10.0 Å². The number of rotatable bonds is 0. The third-order valence-corrected chi connectivity index (χ3v) is 6.15. The predicted octanol–water partition coefficient (Wildman–Crippen LogP) is 1.49. The molecule has 0 unspecified atom stereocenters. The topological polar surface area (TPSA) is 118 Å². The minimum Gasteiger partial charge on any atom is -0.352 e. The standard InChI is InChI=1S/C18H23N3O4S.ClH/c19-18-12-14(18)8-4-2-1-3-5-10-20-16(22)13-7-6-9-15(11-13)26(24,25)21-17(18)23;/h4,6-9,11,14H,1-3,5,10,12,19H2,(H,20,22)(H,21,23);1H/t14-,18-;/m1./s1. The van der Waals surface area contributed by atoms with Crippen molar-refractivity contribution in [2.24, 2.45) is 11.7 Å². The molecule has 0 spiro atoms. The Morgan fingerprint density at radius 2 is 1.93 bits per heavy atom. The Balaban J connectivity index is 0.00000261. The van der Waals surface area contributed by atoms with Gasteiger partial charge in [-0.25, -0.2) is 13.1 Å². The van der Waals surface area contributed by atoms with E-state index in [2.05, 4.69) is 5.32 Å². The van der Waals surface area contributed by atoms with Gasteiger partial charge in [0.15, 0.2) is 0 Å². The maximum absolute atomic E-state index is 12.5. The van der Waals surface area contributed by atoms with Gasteiger partial charge in [0.1, 0.15) is 5.54 Å². The molecule has 7 nitrogen and oxygen atoms in total. The van der Waals surface area contributed by atoms with Crippen LogP contribution in [0.3, 0.4) is 0 Å². The number of hydrogen-bond donors (Lipinski definition) is 3. The van der Waals surface area contributed by atoms with Crippen molar-refractivity contribution in [3.8, 4) is 0 Å². The average molecular weight is 414 g/mol. The first kappa shape index (κ1) is 21.4. The lowest BCUT2D eigenvalue weighted by Gasteiger charge is -2.12. The molecule has 1 heterocycles. The summed E-state index contributed by atoms with van der Waals surface area (Å²) < 4.78 is 27.0. The first-order chi connectivity index (χ1) is 12.3. The molecule has 1 aliphatic heterocycles. The van der Waals surface area contributed by atoms with E-state index in [0.29, 0.717) is 13.0 Å². The minimum absolute atomic E-state index is 0. The van der Waals surface area contributed by atoms with Crippen LogP contribution in [0.1, 0.15) is 42.5 Å². The van der Waals surface area contributed by atoms with Gasteiger partial charge in [-0.05, 0) is 43.9 Å². The van der Waals surface area contributed by atoms with Crippen LogP contribution in [0, 0.1) is 5.92 Å². The number of nitrogens with one attached hydrogen (secondary N) is 2. The van der Waals surface area contributed by atoms with Gasteiger partial charge in [0, 0.05) is 18.0 Å². The second kappa shape index (κ2) is 8.41. The Morgan fingerprint density at radius 1 is 1.15 bits per heavy atom. The van der Waals surface area contributed by atoms with Crippen LogP contribution < -0.4 is 15.8 Å². The maximum Gasteiger partial charge on any atom is 0.264 e. The minimum atomic E-state index is -4.09. The lowest BCUT2D eigenvalue weighted by atomic mass is 10.1. The highest BCUT2D eigenvalue weighted by Gasteiger charge is 2.56. The first-order valence-corrected chi connectivity index (χ1v) is 10.2. The smallest absolute Gasteiger partial charge is 0.264 e. The van der Waals surface area contributed by atoms with Crippen LogP contribution in [0.4, 0.5) is 0 Å². The lowest BCUT2D eigenvalue weighted by molar-refractivity contribution is -0.121. The summed E-state index contributed by atoms with van der Waals surface area (Å²) >= 11 is 0. The highest BCUT2D eigenvalue weighted by molar-refractivity contribution is 7.90. The summed E-state index contributed by atoms with van der Waals surface area (Å²) in [6.07, 6.45) is 7.97. The highest BCUT2D eigenvalue weighted by atomic mass is 35.5. The molecule has 1 aromatic rings. The normalized spacial score (nSPS) is 28.0. The molecule has 27 heavy (non-hydrogen) atoms. The molecule has 0 aromatic heterocycles. The average Bonchev–Trinajstić information content (AvgIpc) is 3.28. The molecule has 2 atom stereocenters. The molecule has 2 aliphatic rings. The predicted molar refractivity (Wildman–Crippen MR) is 104 cm³/mol. The fourth-order valence-corrected chi connectivity index (χ4v) is 4.11. The van der Waals surface area contributed by atoms with Gasteiger partial charge >= 0.3 is 0 Å². The number of hydrogen-bond acceptors (Lipinski definition) is 5. The van der Waals surface area contributed by atoms with E-state index in [1.807, 2.05) is 16.9 Å². The fraction of sp³-hybridized carbons (Fsp3) is 0.444. The molecular formula is C18H24ClN3O4S. The number of fused-ring (bicyclic) bond motifs is 3. The molecular weight excluding hydrogens is 390 g/mol. The van der Waals surface area contributed by atoms with Crippen molar-refractivity contribution in [1.29, 1.82) is 0 Å². The molecule has 2 amide bonds. The number of sulfonamides is 1. The molecule has 1 aliphatic carbocycles. The summed E-state index contributed by atoms with van der Waals surface area (Å²) in [4.78, 5) is 24.4. The van der Waals surface area contributed by atoms with Gasteiger partial charge in [0.25, 0.3) is 21.8 Å². The number of halogens is 1. The third-order valence-electron chi connectivity index (χ3n) is 4.82. The van der Waals surface area contributed by atoms with E-state index in [1.54, 1.807) is 0 Å². The Bertz CT molecular complexity index is 856. The van der Waals surface area contributed by atoms with Crippen molar-refractivity contribution < 1.29 is 18.0 Å². The zero-order valence-corrected chi connectivity index (χ0v) is 16.4. The first-order valence-electron chi connectivity index (χ1n) is 8.74. The number of nitrogens with two attached hydrogens (primary N) is 1. The van der Waals surface area contributed by atoms with Crippen LogP contribution in [0.2, 0.25) is 0 Å². The Hall–Kier alpha value is -1.90. The molecule has 0 radical (unpaired) electrons. The molecule has 4 N–H and O–H groups in total. The molecule has 3 rings (SSSR count). The largest absolute Gasteiger partial charge is 0.352 e. The van der Waals surface area contributed by atoms with Gasteiger partial charge in [-0.1, -0.05) is 24.6 Å². The van der Waals surface area contributed by atoms with Crippen molar-refractivity contribution in [2.75, 3.05) is 6.54 Å². The van der Waals surface area contributed by atoms with Crippen molar-refractivity contribution >= 4 is 34.2 Å². The zero-order valence-electron chi connectivity index (χ0n) is 14.8. The van der Waals surface area contributed by atoms with Crippen molar-refractivity contribution in [3.63, 3.8) is 0 Å². The molecule has 1 fully saturated rings. The molecule has 1 aromatic carbocycles. The number of carbonyl (C=O) groups excluding carboxylic acids is 2. The summed E-state index contributed by atoms with van der Waals surface area (Å²) in [5.74, 6) is -1.20. The van der Waals surface area contributed by atoms with Crippen LogP contribution in [0.15, 0.2) is 41.3 Å². The molecule has 2 bridgehead atoms. The zero-order chi connectivity index (χ0) is 18.8. The summed E-state index contributed by atoms with van der Waals surface area (Å²) in [7, 11) is -4.09. The van der Waals surface area contributed by atoms with Gasteiger partial charge in [0.2, 0.25) is 0 Å². The third kappa shape index (κ3) is 4.88. The van der Waals surface area contributed by atoms with Crippen molar-refractivity contribution in [3.05, 3.63) is 42.0 Å². The summed E-state index contributed by atoms with van der Waals surface area (Å²) in [5.41, 5.74) is 5.10. The van der Waals surface area contributed by atoms with E-state index in [0.717, 1.165) is 25.7 Å². The van der Waals surface area contributed by atoms with E-state index in [-0.39, 0.29) is 34.7 Å². The monoisotopic (exact) mass is 413 g/mol.